The number of aromatic nitrogens is 1. The molecule has 0 radical (unpaired) electrons. The number of carboxylic acids is 1. The van der Waals surface area contributed by atoms with Crippen molar-refractivity contribution >= 4 is 17.3 Å². The molecule has 5 nitrogen and oxygen atoms in total. The fourth-order valence-electron chi connectivity index (χ4n) is 3.39. The van der Waals surface area contributed by atoms with E-state index in [9.17, 15) is 9.90 Å². The normalized spacial score (nSPS) is 21.5. The molecule has 0 saturated carbocycles. The van der Waals surface area contributed by atoms with Crippen LogP contribution in [0.4, 0.5) is 0 Å². The molecule has 0 aromatic carbocycles. The molecule has 1 aliphatic heterocycles. The topological polar surface area (TPSA) is 56.7 Å². The van der Waals surface area contributed by atoms with Gasteiger partial charge in [-0.3, -0.25) is 14.7 Å². The first-order valence-electron chi connectivity index (χ1n) is 8.09. The summed E-state index contributed by atoms with van der Waals surface area (Å²) < 4.78 is 0. The smallest absolute Gasteiger partial charge is 0.308 e. The Labute approximate surface area is 146 Å². The lowest BCUT2D eigenvalue weighted by Gasteiger charge is -2.15. The van der Waals surface area contributed by atoms with Gasteiger partial charge in [0, 0.05) is 49.4 Å². The molecule has 3 rings (SSSR count). The fraction of sp³-hybridized carbons (Fsp3) is 0.444. The van der Waals surface area contributed by atoms with Gasteiger partial charge >= 0.3 is 5.97 Å². The highest BCUT2D eigenvalue weighted by atomic mass is 32.1. The number of likely N-dealkylation sites (tertiary alicyclic amines) is 1. The minimum Gasteiger partial charge on any atom is -0.481 e. The molecule has 0 amide bonds. The van der Waals surface area contributed by atoms with E-state index < -0.39 is 5.97 Å². The zero-order valence-corrected chi connectivity index (χ0v) is 14.9. The van der Waals surface area contributed by atoms with Crippen LogP contribution >= 0.6 is 11.3 Å². The van der Waals surface area contributed by atoms with Crippen LogP contribution < -0.4 is 0 Å². The number of nitrogens with zero attached hydrogens (tertiary/aromatic N) is 3. The predicted molar refractivity (Wildman–Crippen MR) is 95.1 cm³/mol. The number of hydrogen-bond acceptors (Lipinski definition) is 5. The number of rotatable bonds is 6. The molecular weight excluding hydrogens is 322 g/mol. The molecular formula is C18H23N3O2S. The van der Waals surface area contributed by atoms with E-state index in [-0.39, 0.29) is 11.8 Å². The van der Waals surface area contributed by atoms with Gasteiger partial charge in [-0.2, -0.15) is 0 Å². The maximum Gasteiger partial charge on any atom is 0.308 e. The van der Waals surface area contributed by atoms with Gasteiger partial charge in [0.15, 0.2) is 0 Å². The predicted octanol–water partition coefficient (Wildman–Crippen LogP) is 2.50. The third kappa shape index (κ3) is 4.01. The Bertz CT molecular complexity index is 687. The van der Waals surface area contributed by atoms with Crippen molar-refractivity contribution in [2.75, 3.05) is 27.2 Å². The Hall–Kier alpha value is -1.76. The maximum absolute atomic E-state index is 11.7. The Balaban J connectivity index is 1.69. The number of carboxylic acid groups (broad SMARTS) is 1. The molecule has 1 N–H and O–H groups in total. The van der Waals surface area contributed by atoms with E-state index in [1.807, 2.05) is 12.1 Å². The maximum atomic E-state index is 11.7. The van der Waals surface area contributed by atoms with Crippen LogP contribution in [0.3, 0.4) is 0 Å². The molecule has 0 unspecified atom stereocenters. The van der Waals surface area contributed by atoms with Crippen LogP contribution in [0.2, 0.25) is 0 Å². The Morgan fingerprint density at radius 2 is 2.12 bits per heavy atom. The molecule has 1 aliphatic rings. The van der Waals surface area contributed by atoms with Crippen LogP contribution in [0.25, 0.3) is 0 Å². The molecule has 6 heteroatoms. The minimum atomic E-state index is -0.709. The zero-order valence-electron chi connectivity index (χ0n) is 14.1. The largest absolute Gasteiger partial charge is 0.481 e. The summed E-state index contributed by atoms with van der Waals surface area (Å²) in [5, 5.41) is 11.8. The van der Waals surface area contributed by atoms with Crippen LogP contribution in [-0.4, -0.2) is 53.0 Å². The first-order valence-corrected chi connectivity index (χ1v) is 8.97. The van der Waals surface area contributed by atoms with Crippen molar-refractivity contribution in [1.82, 2.24) is 14.8 Å². The highest BCUT2D eigenvalue weighted by Gasteiger charge is 2.38. The van der Waals surface area contributed by atoms with Crippen molar-refractivity contribution in [1.29, 1.82) is 0 Å². The lowest BCUT2D eigenvalue weighted by Crippen LogP contribution is -2.23. The molecule has 0 bridgehead atoms. The molecule has 3 heterocycles. The molecule has 1 saturated heterocycles. The van der Waals surface area contributed by atoms with Gasteiger partial charge in [-0.15, -0.1) is 11.3 Å². The highest BCUT2D eigenvalue weighted by molar-refractivity contribution is 7.10. The highest BCUT2D eigenvalue weighted by Crippen LogP contribution is 2.34. The van der Waals surface area contributed by atoms with Crippen molar-refractivity contribution in [3.63, 3.8) is 0 Å². The first kappa shape index (κ1) is 17.1. The molecule has 2 atom stereocenters. The quantitative estimate of drug-likeness (QED) is 0.872. The molecule has 2 aromatic heterocycles. The van der Waals surface area contributed by atoms with E-state index in [1.165, 1.54) is 10.4 Å². The Morgan fingerprint density at radius 3 is 2.79 bits per heavy atom. The van der Waals surface area contributed by atoms with E-state index in [0.717, 1.165) is 25.2 Å². The third-order valence-corrected chi connectivity index (χ3v) is 5.40. The summed E-state index contributed by atoms with van der Waals surface area (Å²) in [5.41, 5.74) is 2.39. The van der Waals surface area contributed by atoms with Crippen LogP contribution in [0.5, 0.6) is 0 Å². The van der Waals surface area contributed by atoms with Crippen molar-refractivity contribution in [2.24, 2.45) is 5.92 Å². The average molecular weight is 345 g/mol. The SMILES string of the molecule is CN(C)Cc1csc(CN2C[C@@H](C(=O)O)[C@H](c3ccncc3)C2)c1. The summed E-state index contributed by atoms with van der Waals surface area (Å²) >= 11 is 1.76. The van der Waals surface area contributed by atoms with Gasteiger partial charge in [-0.05, 0) is 48.8 Å². The van der Waals surface area contributed by atoms with Gasteiger partial charge in [-0.1, -0.05) is 0 Å². The van der Waals surface area contributed by atoms with Gasteiger partial charge in [0.1, 0.15) is 0 Å². The molecule has 2 aromatic rings. The van der Waals surface area contributed by atoms with Gasteiger partial charge < -0.3 is 10.0 Å². The molecule has 0 spiro atoms. The Morgan fingerprint density at radius 1 is 1.38 bits per heavy atom. The van der Waals surface area contributed by atoms with E-state index in [2.05, 4.69) is 40.3 Å². The van der Waals surface area contributed by atoms with Crippen molar-refractivity contribution in [2.45, 2.75) is 19.0 Å². The van der Waals surface area contributed by atoms with E-state index >= 15 is 0 Å². The summed E-state index contributed by atoms with van der Waals surface area (Å²) in [6, 6.07) is 6.11. The molecule has 1 fully saturated rings. The standard InChI is InChI=1S/C18H23N3O2S/c1-20(2)8-13-7-15(24-12-13)9-21-10-16(17(11-21)18(22)23)14-3-5-19-6-4-14/h3-7,12,16-17H,8-11H2,1-2H3,(H,22,23)/t16-,17+/m0/s1. The lowest BCUT2D eigenvalue weighted by atomic mass is 9.90. The zero-order chi connectivity index (χ0) is 17.1. The molecule has 24 heavy (non-hydrogen) atoms. The first-order chi connectivity index (χ1) is 11.5. The summed E-state index contributed by atoms with van der Waals surface area (Å²) in [6.45, 7) is 3.14. The van der Waals surface area contributed by atoms with Crippen molar-refractivity contribution in [3.05, 3.63) is 52.0 Å². The second-order valence-electron chi connectivity index (χ2n) is 6.68. The Kier molecular flexibility index (Phi) is 5.28. The number of carbonyl (C=O) groups is 1. The van der Waals surface area contributed by atoms with Gasteiger partial charge in [0.05, 0.1) is 5.92 Å². The van der Waals surface area contributed by atoms with Gasteiger partial charge in [0.25, 0.3) is 0 Å². The summed E-state index contributed by atoms with van der Waals surface area (Å²) in [5.74, 6) is -1.03. The lowest BCUT2D eigenvalue weighted by molar-refractivity contribution is -0.141. The number of hydrogen-bond donors (Lipinski definition) is 1. The number of thiophene rings is 1. The van der Waals surface area contributed by atoms with Crippen LogP contribution in [-0.2, 0) is 17.9 Å². The summed E-state index contributed by atoms with van der Waals surface area (Å²) in [4.78, 5) is 21.4. The van der Waals surface area contributed by atoms with Crippen LogP contribution in [0.1, 0.15) is 21.9 Å². The van der Waals surface area contributed by atoms with Crippen LogP contribution in [0.15, 0.2) is 36.0 Å². The monoisotopic (exact) mass is 345 g/mol. The summed E-state index contributed by atoms with van der Waals surface area (Å²) in [7, 11) is 4.13. The van der Waals surface area contributed by atoms with E-state index in [0.29, 0.717) is 6.54 Å². The van der Waals surface area contributed by atoms with Crippen molar-refractivity contribution in [3.8, 4) is 0 Å². The second-order valence-corrected chi connectivity index (χ2v) is 7.68. The third-order valence-electron chi connectivity index (χ3n) is 4.43. The van der Waals surface area contributed by atoms with Gasteiger partial charge in [-0.25, -0.2) is 0 Å². The molecule has 0 aliphatic carbocycles. The van der Waals surface area contributed by atoms with Crippen LogP contribution in [0, 0.1) is 5.92 Å². The average Bonchev–Trinajstić information content (AvgIpc) is 3.15. The fourth-order valence-corrected chi connectivity index (χ4v) is 4.31. The number of aliphatic carboxylic acids is 1. The minimum absolute atomic E-state index is 0.0340. The van der Waals surface area contributed by atoms with Gasteiger partial charge in [0.2, 0.25) is 0 Å². The van der Waals surface area contributed by atoms with Crippen molar-refractivity contribution < 1.29 is 9.90 Å². The number of pyridine rings is 1. The van der Waals surface area contributed by atoms with E-state index in [1.54, 1.807) is 23.7 Å². The second kappa shape index (κ2) is 7.42. The molecule has 128 valence electrons. The summed E-state index contributed by atoms with van der Waals surface area (Å²) in [6.07, 6.45) is 3.48. The van der Waals surface area contributed by atoms with E-state index in [4.69, 9.17) is 0 Å².